The van der Waals surface area contributed by atoms with Gasteiger partial charge >= 0.3 is 0 Å². The van der Waals surface area contributed by atoms with Crippen LogP contribution in [0, 0.1) is 5.41 Å². The number of imidazole rings is 1. The third kappa shape index (κ3) is 2.90. The number of amides is 1. The molecular formula is C13H22N4O. The van der Waals surface area contributed by atoms with Crippen molar-refractivity contribution in [2.24, 2.45) is 5.41 Å². The molecule has 2 heterocycles. The van der Waals surface area contributed by atoms with Crippen molar-refractivity contribution in [1.29, 1.82) is 0 Å². The van der Waals surface area contributed by atoms with Crippen molar-refractivity contribution >= 4 is 5.91 Å². The minimum absolute atomic E-state index is 0.122. The zero-order valence-corrected chi connectivity index (χ0v) is 11.6. The summed E-state index contributed by atoms with van der Waals surface area (Å²) >= 11 is 0. The third-order valence-electron chi connectivity index (χ3n) is 3.12. The number of carbonyl (C=O) groups excluding carboxylic acids is 1. The van der Waals surface area contributed by atoms with Crippen LogP contribution in [0.15, 0.2) is 6.33 Å². The molecule has 1 aliphatic rings. The third-order valence-corrected chi connectivity index (χ3v) is 3.12. The van der Waals surface area contributed by atoms with Gasteiger partial charge in [-0.25, -0.2) is 4.98 Å². The summed E-state index contributed by atoms with van der Waals surface area (Å²) in [6, 6.07) is -0.145. The molecule has 0 aliphatic carbocycles. The molecular weight excluding hydrogens is 228 g/mol. The van der Waals surface area contributed by atoms with Gasteiger partial charge in [-0.1, -0.05) is 20.8 Å². The van der Waals surface area contributed by atoms with Crippen LogP contribution in [0.2, 0.25) is 0 Å². The number of rotatable bonds is 2. The number of nitrogens with zero attached hydrogens (tertiary/aromatic N) is 2. The van der Waals surface area contributed by atoms with Crippen molar-refractivity contribution in [2.45, 2.75) is 39.8 Å². The molecule has 1 aliphatic heterocycles. The second-order valence-corrected chi connectivity index (χ2v) is 6.22. The van der Waals surface area contributed by atoms with E-state index in [1.54, 1.807) is 6.33 Å². The summed E-state index contributed by atoms with van der Waals surface area (Å²) < 4.78 is 0. The summed E-state index contributed by atoms with van der Waals surface area (Å²) in [5, 5.41) is 3.27. The minimum atomic E-state index is -0.145. The molecule has 0 saturated heterocycles. The summed E-state index contributed by atoms with van der Waals surface area (Å²) in [7, 11) is 1.87. The van der Waals surface area contributed by atoms with Gasteiger partial charge in [0.25, 0.3) is 0 Å². The molecule has 0 spiro atoms. The van der Waals surface area contributed by atoms with E-state index in [9.17, 15) is 4.79 Å². The van der Waals surface area contributed by atoms with Crippen LogP contribution >= 0.6 is 0 Å². The van der Waals surface area contributed by atoms with Gasteiger partial charge in [0.05, 0.1) is 23.8 Å². The highest BCUT2D eigenvalue weighted by Crippen LogP contribution is 2.17. The molecule has 5 nitrogen and oxygen atoms in total. The quantitative estimate of drug-likeness (QED) is 0.821. The van der Waals surface area contributed by atoms with E-state index >= 15 is 0 Å². The Balaban J connectivity index is 1.99. The lowest BCUT2D eigenvalue weighted by Crippen LogP contribution is -2.49. The summed E-state index contributed by atoms with van der Waals surface area (Å²) in [5.41, 5.74) is 2.23. The molecule has 0 bridgehead atoms. The zero-order valence-electron chi connectivity index (χ0n) is 11.6. The van der Waals surface area contributed by atoms with Crippen LogP contribution in [0.1, 0.15) is 32.2 Å². The first kappa shape index (κ1) is 13.1. The van der Waals surface area contributed by atoms with E-state index in [4.69, 9.17) is 0 Å². The van der Waals surface area contributed by atoms with Gasteiger partial charge < -0.3 is 9.88 Å². The average molecular weight is 250 g/mol. The Kier molecular flexibility index (Phi) is 3.43. The molecule has 2 N–H and O–H groups in total. The number of hydrogen-bond acceptors (Lipinski definition) is 3. The summed E-state index contributed by atoms with van der Waals surface area (Å²) in [4.78, 5) is 21.5. The normalized spacial score (nSPS) is 19.4. The average Bonchev–Trinajstić information content (AvgIpc) is 2.72. The SMILES string of the molecule is CN(CC(C)(C)C)C(=O)C1Cc2nc[nH]c2CN1. The van der Waals surface area contributed by atoms with Crippen molar-refractivity contribution in [3.8, 4) is 0 Å². The van der Waals surface area contributed by atoms with Crippen molar-refractivity contribution in [1.82, 2.24) is 20.2 Å². The highest BCUT2D eigenvalue weighted by atomic mass is 16.2. The second-order valence-electron chi connectivity index (χ2n) is 6.22. The first-order valence-corrected chi connectivity index (χ1v) is 6.36. The number of hydrogen-bond donors (Lipinski definition) is 2. The molecule has 0 saturated carbocycles. The number of nitrogens with one attached hydrogen (secondary N) is 2. The maximum Gasteiger partial charge on any atom is 0.239 e. The first-order chi connectivity index (χ1) is 8.37. The van der Waals surface area contributed by atoms with Gasteiger partial charge in [0.1, 0.15) is 0 Å². The Hall–Kier alpha value is -1.36. The molecule has 1 aromatic heterocycles. The molecule has 0 radical (unpaired) electrons. The molecule has 5 heteroatoms. The van der Waals surface area contributed by atoms with E-state index in [2.05, 4.69) is 36.1 Å². The number of H-pyrrole nitrogens is 1. The molecule has 0 fully saturated rings. The Morgan fingerprint density at radius 1 is 1.56 bits per heavy atom. The molecule has 100 valence electrons. The van der Waals surface area contributed by atoms with E-state index in [1.165, 1.54) is 0 Å². The fraction of sp³-hybridized carbons (Fsp3) is 0.692. The maximum atomic E-state index is 12.3. The van der Waals surface area contributed by atoms with Gasteiger partial charge in [-0.15, -0.1) is 0 Å². The van der Waals surface area contributed by atoms with Crippen LogP contribution in [-0.2, 0) is 17.8 Å². The number of aromatic nitrogens is 2. The molecule has 1 atom stereocenters. The van der Waals surface area contributed by atoms with Gasteiger partial charge in [-0.3, -0.25) is 10.1 Å². The Morgan fingerprint density at radius 3 is 2.94 bits per heavy atom. The number of aromatic amines is 1. The van der Waals surface area contributed by atoms with Crippen LogP contribution in [0.25, 0.3) is 0 Å². The lowest BCUT2D eigenvalue weighted by Gasteiger charge is -2.31. The van der Waals surface area contributed by atoms with Crippen LogP contribution in [0.3, 0.4) is 0 Å². The molecule has 1 unspecified atom stereocenters. The summed E-state index contributed by atoms with van der Waals surface area (Å²) in [5.74, 6) is 0.151. The smallest absolute Gasteiger partial charge is 0.239 e. The molecule has 18 heavy (non-hydrogen) atoms. The van der Waals surface area contributed by atoms with Crippen molar-refractivity contribution < 1.29 is 4.79 Å². The summed E-state index contributed by atoms with van der Waals surface area (Å²) in [6.45, 7) is 7.86. The maximum absolute atomic E-state index is 12.3. The van der Waals surface area contributed by atoms with E-state index in [0.717, 1.165) is 17.9 Å². The highest BCUT2D eigenvalue weighted by molar-refractivity contribution is 5.82. The molecule has 1 amide bonds. The summed E-state index contributed by atoms with van der Waals surface area (Å²) in [6.07, 6.45) is 2.37. The monoisotopic (exact) mass is 250 g/mol. The van der Waals surface area contributed by atoms with E-state index in [-0.39, 0.29) is 17.4 Å². The van der Waals surface area contributed by atoms with Gasteiger partial charge in [0.2, 0.25) is 5.91 Å². The Morgan fingerprint density at radius 2 is 2.28 bits per heavy atom. The Bertz CT molecular complexity index is 432. The minimum Gasteiger partial charge on any atom is -0.347 e. The predicted molar refractivity (Wildman–Crippen MR) is 70.0 cm³/mol. The van der Waals surface area contributed by atoms with Crippen molar-refractivity contribution in [3.63, 3.8) is 0 Å². The van der Waals surface area contributed by atoms with E-state index in [0.29, 0.717) is 13.0 Å². The second kappa shape index (κ2) is 4.72. The number of carbonyl (C=O) groups is 1. The predicted octanol–water partition coefficient (Wildman–Crippen LogP) is 0.928. The molecule has 1 aromatic rings. The van der Waals surface area contributed by atoms with Gasteiger partial charge in [-0.2, -0.15) is 0 Å². The first-order valence-electron chi connectivity index (χ1n) is 6.36. The Labute approximate surface area is 108 Å². The fourth-order valence-corrected chi connectivity index (χ4v) is 2.40. The van der Waals surface area contributed by atoms with Gasteiger partial charge in [0.15, 0.2) is 0 Å². The molecule has 2 rings (SSSR count). The lowest BCUT2D eigenvalue weighted by molar-refractivity contribution is -0.133. The standard InChI is InChI=1S/C13H22N4O/c1-13(2,3)7-17(4)12(18)10-5-9-11(6-14-10)16-8-15-9/h8,10,14H,5-7H2,1-4H3,(H,15,16). The van der Waals surface area contributed by atoms with E-state index in [1.807, 2.05) is 11.9 Å². The number of fused-ring (bicyclic) bond motifs is 1. The van der Waals surface area contributed by atoms with Crippen molar-refractivity contribution in [2.75, 3.05) is 13.6 Å². The van der Waals surface area contributed by atoms with Crippen LogP contribution in [0.5, 0.6) is 0 Å². The largest absolute Gasteiger partial charge is 0.347 e. The molecule has 0 aromatic carbocycles. The van der Waals surface area contributed by atoms with Gasteiger partial charge in [-0.05, 0) is 5.41 Å². The zero-order chi connectivity index (χ0) is 13.3. The highest BCUT2D eigenvalue weighted by Gasteiger charge is 2.29. The van der Waals surface area contributed by atoms with Crippen LogP contribution in [-0.4, -0.2) is 40.4 Å². The van der Waals surface area contributed by atoms with Crippen LogP contribution in [0.4, 0.5) is 0 Å². The number of likely N-dealkylation sites (N-methyl/N-ethyl adjacent to an activating group) is 1. The van der Waals surface area contributed by atoms with Crippen LogP contribution < -0.4 is 5.32 Å². The fourth-order valence-electron chi connectivity index (χ4n) is 2.40. The lowest BCUT2D eigenvalue weighted by atomic mass is 9.95. The van der Waals surface area contributed by atoms with Crippen molar-refractivity contribution in [3.05, 3.63) is 17.7 Å². The topological polar surface area (TPSA) is 61.0 Å². The van der Waals surface area contributed by atoms with Gasteiger partial charge in [0, 0.05) is 26.6 Å². The van der Waals surface area contributed by atoms with E-state index < -0.39 is 0 Å².